The summed E-state index contributed by atoms with van der Waals surface area (Å²) < 4.78 is 51.9. The molecule has 0 atom stereocenters. The summed E-state index contributed by atoms with van der Waals surface area (Å²) >= 11 is 0. The van der Waals surface area contributed by atoms with Crippen molar-refractivity contribution in [1.82, 2.24) is 9.71 Å². The number of nitrogens with zero attached hydrogens (tertiary/aromatic N) is 1. The van der Waals surface area contributed by atoms with Crippen molar-refractivity contribution in [2.24, 2.45) is 0 Å². The summed E-state index contributed by atoms with van der Waals surface area (Å²) in [6, 6.07) is 3.27. The molecule has 2 rings (SSSR count). The van der Waals surface area contributed by atoms with E-state index in [9.17, 15) is 26.7 Å². The van der Waals surface area contributed by atoms with Crippen molar-refractivity contribution < 1.29 is 26.7 Å². The minimum absolute atomic E-state index is 0.0573. The third-order valence-electron chi connectivity index (χ3n) is 4.95. The highest BCUT2D eigenvalue weighted by Crippen LogP contribution is 2.31. The van der Waals surface area contributed by atoms with Crippen LogP contribution in [0, 0.1) is 0 Å². The second-order valence-corrected chi connectivity index (χ2v) is 11.8. The lowest BCUT2D eigenvalue weighted by Crippen LogP contribution is -2.25. The Kier molecular flexibility index (Phi) is 8.16. The fourth-order valence-corrected chi connectivity index (χ4v) is 5.31. The van der Waals surface area contributed by atoms with Crippen molar-refractivity contribution in [3.8, 4) is 0 Å². The van der Waals surface area contributed by atoms with E-state index >= 15 is 0 Å². The molecule has 0 aliphatic heterocycles. The molecule has 0 saturated heterocycles. The molecular formula is C21H29N3O6S2. The smallest absolute Gasteiger partial charge is 0.240 e. The number of carbonyl (C=O) groups excluding carboxylic acids is 1. The molecule has 1 amide bonds. The average Bonchev–Trinajstić information content (AvgIpc) is 2.72. The lowest BCUT2D eigenvalue weighted by atomic mass is 9.95. The van der Waals surface area contributed by atoms with Gasteiger partial charge in [-0.1, -0.05) is 27.7 Å². The zero-order valence-corrected chi connectivity index (χ0v) is 20.3. The molecule has 0 unspecified atom stereocenters. The van der Waals surface area contributed by atoms with Gasteiger partial charge in [-0.25, -0.2) is 21.6 Å². The van der Waals surface area contributed by atoms with Gasteiger partial charge in [0.15, 0.2) is 9.84 Å². The highest BCUT2D eigenvalue weighted by molar-refractivity contribution is 7.92. The van der Waals surface area contributed by atoms with Crippen LogP contribution in [0.3, 0.4) is 0 Å². The first kappa shape index (κ1) is 25.9. The molecule has 0 aliphatic carbocycles. The van der Waals surface area contributed by atoms with E-state index in [-0.39, 0.29) is 27.2 Å². The van der Waals surface area contributed by atoms with Crippen molar-refractivity contribution in [3.05, 3.63) is 47.3 Å². The van der Waals surface area contributed by atoms with Crippen LogP contribution in [0.5, 0.6) is 0 Å². The lowest BCUT2D eigenvalue weighted by Gasteiger charge is -2.19. The first-order valence-corrected chi connectivity index (χ1v) is 13.1. The summed E-state index contributed by atoms with van der Waals surface area (Å²) in [5.74, 6) is -1.45. The molecular weight excluding hydrogens is 454 g/mol. The predicted octanol–water partition coefficient (Wildman–Crippen LogP) is 2.14. The van der Waals surface area contributed by atoms with E-state index in [4.69, 9.17) is 0 Å². The van der Waals surface area contributed by atoms with Gasteiger partial charge in [0.25, 0.3) is 0 Å². The van der Waals surface area contributed by atoms with E-state index in [1.807, 2.05) is 27.7 Å². The van der Waals surface area contributed by atoms with Gasteiger partial charge in [0.2, 0.25) is 15.9 Å². The van der Waals surface area contributed by atoms with E-state index in [1.54, 1.807) is 12.4 Å². The molecule has 0 spiro atoms. The van der Waals surface area contributed by atoms with E-state index in [0.29, 0.717) is 5.69 Å². The summed E-state index contributed by atoms with van der Waals surface area (Å²) in [5, 5.41) is 12.3. The molecule has 176 valence electrons. The van der Waals surface area contributed by atoms with Crippen LogP contribution in [0.15, 0.2) is 40.4 Å². The zero-order valence-electron chi connectivity index (χ0n) is 18.7. The Morgan fingerprint density at radius 3 is 2.06 bits per heavy atom. The second kappa shape index (κ2) is 10.1. The molecule has 1 heterocycles. The largest absolute Gasteiger partial charge is 0.392 e. The van der Waals surface area contributed by atoms with Gasteiger partial charge in [0.05, 0.1) is 22.1 Å². The van der Waals surface area contributed by atoms with Crippen LogP contribution in [0.4, 0.5) is 5.69 Å². The van der Waals surface area contributed by atoms with Crippen LogP contribution < -0.4 is 10.0 Å². The number of nitrogens with one attached hydrogen (secondary N) is 2. The minimum atomic E-state index is -4.10. The van der Waals surface area contributed by atoms with Crippen LogP contribution in [0.2, 0.25) is 0 Å². The number of amides is 1. The molecule has 1 aromatic carbocycles. The van der Waals surface area contributed by atoms with Gasteiger partial charge in [0, 0.05) is 12.4 Å². The van der Waals surface area contributed by atoms with Crippen molar-refractivity contribution in [1.29, 1.82) is 0 Å². The Hall–Kier alpha value is -2.34. The number of anilines is 1. The fraction of sp³-hybridized carbons (Fsp3) is 0.429. The fourth-order valence-electron chi connectivity index (χ4n) is 3.19. The predicted molar refractivity (Wildman–Crippen MR) is 122 cm³/mol. The SMILES string of the molecule is CNS(=O)(=O)c1ccc(S(=O)(=O)CC(=O)Nc2c(C(C)C)cncc2C(C)C)cc1CO. The Bertz CT molecular complexity index is 1180. The number of aliphatic hydroxyl groups is 1. The molecule has 0 saturated carbocycles. The maximum Gasteiger partial charge on any atom is 0.240 e. The lowest BCUT2D eigenvalue weighted by molar-refractivity contribution is -0.113. The van der Waals surface area contributed by atoms with Crippen LogP contribution >= 0.6 is 0 Å². The number of rotatable bonds is 9. The molecule has 0 radical (unpaired) electrons. The highest BCUT2D eigenvalue weighted by atomic mass is 32.2. The third kappa shape index (κ3) is 5.71. The number of aliphatic hydroxyl groups excluding tert-OH is 1. The number of aromatic nitrogens is 1. The van der Waals surface area contributed by atoms with Gasteiger partial charge >= 0.3 is 0 Å². The third-order valence-corrected chi connectivity index (χ3v) is 8.08. The summed E-state index contributed by atoms with van der Waals surface area (Å²) in [7, 11) is -6.77. The van der Waals surface area contributed by atoms with Crippen molar-refractivity contribution in [2.75, 3.05) is 18.1 Å². The molecule has 9 nitrogen and oxygen atoms in total. The number of hydrogen-bond donors (Lipinski definition) is 3. The molecule has 0 bridgehead atoms. The van der Waals surface area contributed by atoms with Gasteiger partial charge in [0.1, 0.15) is 5.75 Å². The van der Waals surface area contributed by atoms with Gasteiger partial charge in [-0.15, -0.1) is 0 Å². The van der Waals surface area contributed by atoms with Gasteiger partial charge < -0.3 is 10.4 Å². The Balaban J connectivity index is 2.37. The number of carbonyl (C=O) groups is 1. The molecule has 1 aromatic heterocycles. The van der Waals surface area contributed by atoms with Crippen LogP contribution in [0.1, 0.15) is 56.2 Å². The first-order valence-electron chi connectivity index (χ1n) is 10.0. The molecule has 11 heteroatoms. The highest BCUT2D eigenvalue weighted by Gasteiger charge is 2.25. The van der Waals surface area contributed by atoms with E-state index in [2.05, 4.69) is 15.0 Å². The standard InChI is InChI=1S/C21H29N3O6S2/c1-13(2)17-9-23-10-18(14(3)4)21(17)24-20(26)12-31(27,28)16-6-7-19(15(8-16)11-25)32(29,30)22-5/h6-10,13-14,22,25H,11-12H2,1-5H3,(H,23,24,26). The number of pyridine rings is 1. The zero-order chi connectivity index (χ0) is 24.3. The average molecular weight is 484 g/mol. The Morgan fingerprint density at radius 2 is 1.59 bits per heavy atom. The number of benzene rings is 1. The van der Waals surface area contributed by atoms with Crippen molar-refractivity contribution in [2.45, 2.75) is 55.9 Å². The van der Waals surface area contributed by atoms with E-state index in [0.717, 1.165) is 29.3 Å². The van der Waals surface area contributed by atoms with Crippen molar-refractivity contribution in [3.63, 3.8) is 0 Å². The van der Waals surface area contributed by atoms with Crippen LogP contribution in [-0.4, -0.2) is 45.6 Å². The molecule has 32 heavy (non-hydrogen) atoms. The van der Waals surface area contributed by atoms with Gasteiger partial charge in [-0.05, 0) is 53.8 Å². The molecule has 2 aromatic rings. The first-order chi connectivity index (χ1) is 14.8. The van der Waals surface area contributed by atoms with Crippen molar-refractivity contribution >= 4 is 31.5 Å². The van der Waals surface area contributed by atoms with E-state index < -0.39 is 38.1 Å². The maximum atomic E-state index is 12.8. The quantitative estimate of drug-likeness (QED) is 0.496. The summed E-state index contributed by atoms with van der Waals surface area (Å²) in [6.45, 7) is 7.11. The molecule has 3 N–H and O–H groups in total. The Morgan fingerprint density at radius 1 is 1.03 bits per heavy atom. The minimum Gasteiger partial charge on any atom is -0.392 e. The van der Waals surface area contributed by atoms with Crippen LogP contribution in [-0.2, 0) is 31.3 Å². The summed E-state index contributed by atoms with van der Waals surface area (Å²) in [5.41, 5.74) is 2.06. The van der Waals surface area contributed by atoms with E-state index in [1.165, 1.54) is 7.05 Å². The number of sulfone groups is 1. The molecule has 0 fully saturated rings. The second-order valence-electron chi connectivity index (χ2n) is 7.94. The number of sulfonamides is 1. The molecule has 0 aliphatic rings. The monoisotopic (exact) mass is 483 g/mol. The normalized spacial score (nSPS) is 12.4. The summed E-state index contributed by atoms with van der Waals surface area (Å²) in [4.78, 5) is 16.5. The topological polar surface area (TPSA) is 143 Å². The maximum absolute atomic E-state index is 12.8. The van der Waals surface area contributed by atoms with Gasteiger partial charge in [-0.2, -0.15) is 0 Å². The summed E-state index contributed by atoms with van der Waals surface area (Å²) in [6.07, 6.45) is 3.30. The Labute approximate surface area is 189 Å². The van der Waals surface area contributed by atoms with Gasteiger partial charge in [-0.3, -0.25) is 9.78 Å². The van der Waals surface area contributed by atoms with Crippen LogP contribution in [0.25, 0.3) is 0 Å². The number of hydrogen-bond acceptors (Lipinski definition) is 7.